The van der Waals surface area contributed by atoms with Crippen LogP contribution >= 0.6 is 0 Å². The highest BCUT2D eigenvalue weighted by Crippen LogP contribution is 2.29. The molecule has 0 radical (unpaired) electrons. The first-order chi connectivity index (χ1) is 15.9. The molecule has 1 aliphatic carbocycles. The first kappa shape index (κ1) is 22.6. The van der Waals surface area contributed by atoms with E-state index < -0.39 is 6.09 Å². The third kappa shape index (κ3) is 5.24. The number of fused-ring (bicyclic) bond motifs is 1. The molecule has 4 rings (SSSR count). The van der Waals surface area contributed by atoms with Crippen LogP contribution in [0.25, 0.3) is 16.6 Å². The van der Waals surface area contributed by atoms with Gasteiger partial charge in [0.25, 0.3) is 5.91 Å². The molecule has 1 aliphatic rings. The van der Waals surface area contributed by atoms with Crippen LogP contribution in [0.2, 0.25) is 0 Å². The molecule has 0 bridgehead atoms. The van der Waals surface area contributed by atoms with Gasteiger partial charge in [-0.25, -0.2) is 9.31 Å². The lowest BCUT2D eigenvalue weighted by molar-refractivity contribution is 0.0923. The third-order valence-electron chi connectivity index (χ3n) is 5.88. The number of hydrogen-bond acceptors (Lipinski definition) is 6. The molecular formula is C24H30N6O3. The number of ether oxygens (including phenoxy) is 1. The molecule has 0 spiro atoms. The highest BCUT2D eigenvalue weighted by Gasteiger charge is 2.26. The topological polar surface area (TPSA) is 110 Å². The smallest absolute Gasteiger partial charge is 0.407 e. The Morgan fingerprint density at radius 3 is 2.45 bits per heavy atom. The van der Waals surface area contributed by atoms with Crippen molar-refractivity contribution in [3.8, 4) is 11.1 Å². The zero-order valence-corrected chi connectivity index (χ0v) is 19.2. The second-order valence-electron chi connectivity index (χ2n) is 8.69. The Bertz CT molecular complexity index is 1120. The Labute approximate surface area is 192 Å². The Morgan fingerprint density at radius 2 is 1.82 bits per heavy atom. The fourth-order valence-electron chi connectivity index (χ4n) is 4.23. The molecule has 0 unspecified atom stereocenters. The minimum atomic E-state index is -0.413. The number of carbonyl (C=O) groups excluding carboxylic acids is 2. The maximum Gasteiger partial charge on any atom is 0.407 e. The van der Waals surface area contributed by atoms with E-state index in [1.807, 2.05) is 44.4 Å². The fourth-order valence-corrected chi connectivity index (χ4v) is 4.23. The molecule has 2 amide bonds. The van der Waals surface area contributed by atoms with Gasteiger partial charge >= 0.3 is 6.09 Å². The van der Waals surface area contributed by atoms with Crippen LogP contribution in [0.3, 0.4) is 0 Å². The fraction of sp³-hybridized carbons (Fsp3) is 0.417. The van der Waals surface area contributed by atoms with Gasteiger partial charge in [0.2, 0.25) is 0 Å². The van der Waals surface area contributed by atoms with Crippen molar-refractivity contribution in [2.24, 2.45) is 0 Å². The monoisotopic (exact) mass is 450 g/mol. The molecule has 0 atom stereocenters. The summed E-state index contributed by atoms with van der Waals surface area (Å²) < 4.78 is 6.46. The number of methoxy groups -OCH3 is 1. The standard InChI is InChI=1S/C24H30N6O3/c1-15(2)27-22-20(23(31)28-18-6-8-19(9-7-18)29-24(32)33-3)13-26-30-14-17(11-21(22)30)16-5-4-10-25-12-16/h4-5,10-15,18-19,27H,6-9H2,1-3H3,(H,28,31)(H,29,32). The minimum Gasteiger partial charge on any atom is -0.453 e. The van der Waals surface area contributed by atoms with Gasteiger partial charge in [0, 0.05) is 47.8 Å². The number of alkyl carbamates (subject to hydrolysis) is 1. The van der Waals surface area contributed by atoms with Gasteiger partial charge in [-0.2, -0.15) is 5.10 Å². The van der Waals surface area contributed by atoms with Crippen LogP contribution in [0.1, 0.15) is 49.9 Å². The van der Waals surface area contributed by atoms with Gasteiger partial charge in [-0.15, -0.1) is 0 Å². The molecular weight excluding hydrogens is 420 g/mol. The Balaban J connectivity index is 1.54. The van der Waals surface area contributed by atoms with Crippen LogP contribution in [0.5, 0.6) is 0 Å². The van der Waals surface area contributed by atoms with E-state index in [1.165, 1.54) is 7.11 Å². The van der Waals surface area contributed by atoms with Crippen LogP contribution < -0.4 is 16.0 Å². The molecule has 174 valence electrons. The van der Waals surface area contributed by atoms with Crippen LogP contribution in [-0.4, -0.2) is 51.8 Å². The minimum absolute atomic E-state index is 0.0501. The molecule has 3 aromatic rings. The van der Waals surface area contributed by atoms with E-state index in [2.05, 4.69) is 30.8 Å². The Hall–Kier alpha value is -3.62. The molecule has 9 nitrogen and oxygen atoms in total. The maximum absolute atomic E-state index is 13.2. The molecule has 9 heteroatoms. The lowest BCUT2D eigenvalue weighted by Gasteiger charge is -2.29. The van der Waals surface area contributed by atoms with Crippen molar-refractivity contribution >= 4 is 23.2 Å². The van der Waals surface area contributed by atoms with Crippen molar-refractivity contribution in [2.45, 2.75) is 57.7 Å². The summed E-state index contributed by atoms with van der Waals surface area (Å²) in [5, 5.41) is 13.9. The number of carbonyl (C=O) groups is 2. The summed E-state index contributed by atoms with van der Waals surface area (Å²) in [5.74, 6) is -0.151. The molecule has 33 heavy (non-hydrogen) atoms. The zero-order chi connectivity index (χ0) is 23.4. The lowest BCUT2D eigenvalue weighted by Crippen LogP contribution is -2.44. The van der Waals surface area contributed by atoms with Gasteiger partial charge < -0.3 is 20.7 Å². The molecule has 0 aromatic carbocycles. The average Bonchev–Trinajstić information content (AvgIpc) is 3.25. The summed E-state index contributed by atoms with van der Waals surface area (Å²) in [6, 6.07) is 6.18. The van der Waals surface area contributed by atoms with Crippen molar-refractivity contribution in [3.63, 3.8) is 0 Å². The van der Waals surface area contributed by atoms with Crippen LogP contribution in [-0.2, 0) is 4.74 Å². The molecule has 3 N–H and O–H groups in total. The normalized spacial score (nSPS) is 18.2. The number of rotatable bonds is 6. The number of aromatic nitrogens is 3. The molecule has 1 fully saturated rings. The van der Waals surface area contributed by atoms with Crippen LogP contribution in [0.4, 0.5) is 10.5 Å². The average molecular weight is 451 g/mol. The van der Waals surface area contributed by atoms with Crippen LogP contribution in [0, 0.1) is 0 Å². The maximum atomic E-state index is 13.2. The summed E-state index contributed by atoms with van der Waals surface area (Å²) in [7, 11) is 1.36. The quantitative estimate of drug-likeness (QED) is 0.529. The highest BCUT2D eigenvalue weighted by atomic mass is 16.5. The predicted octanol–water partition coefficient (Wildman–Crippen LogP) is 3.61. The summed E-state index contributed by atoms with van der Waals surface area (Å²) in [5.41, 5.74) is 4.08. The Morgan fingerprint density at radius 1 is 1.09 bits per heavy atom. The van der Waals surface area contributed by atoms with E-state index in [4.69, 9.17) is 0 Å². The SMILES string of the molecule is COC(=O)NC1CCC(NC(=O)c2cnn3cc(-c4cccnc4)cc3c2NC(C)C)CC1. The molecule has 0 saturated heterocycles. The molecule has 1 saturated carbocycles. The summed E-state index contributed by atoms with van der Waals surface area (Å²) in [6.45, 7) is 4.08. The molecule has 3 aromatic heterocycles. The van der Waals surface area contributed by atoms with Gasteiger partial charge in [0.15, 0.2) is 0 Å². The summed E-state index contributed by atoms with van der Waals surface area (Å²) in [4.78, 5) is 28.9. The van der Waals surface area contributed by atoms with E-state index in [9.17, 15) is 9.59 Å². The van der Waals surface area contributed by atoms with Crippen molar-refractivity contribution in [2.75, 3.05) is 12.4 Å². The molecule has 0 aliphatic heterocycles. The molecule has 3 heterocycles. The first-order valence-corrected chi connectivity index (χ1v) is 11.3. The third-order valence-corrected chi connectivity index (χ3v) is 5.88. The number of nitrogens with one attached hydrogen (secondary N) is 3. The second kappa shape index (κ2) is 9.89. The lowest BCUT2D eigenvalue weighted by atomic mass is 9.91. The van der Waals surface area contributed by atoms with Crippen molar-refractivity contribution < 1.29 is 14.3 Å². The van der Waals surface area contributed by atoms with Gasteiger partial charge in [-0.3, -0.25) is 9.78 Å². The van der Waals surface area contributed by atoms with E-state index in [0.717, 1.165) is 48.0 Å². The second-order valence-corrected chi connectivity index (χ2v) is 8.69. The van der Waals surface area contributed by atoms with E-state index in [0.29, 0.717) is 5.56 Å². The zero-order valence-electron chi connectivity index (χ0n) is 19.2. The van der Waals surface area contributed by atoms with Gasteiger partial charge in [-0.05, 0) is 51.7 Å². The first-order valence-electron chi connectivity index (χ1n) is 11.3. The number of anilines is 1. The number of amides is 2. The number of pyridine rings is 1. The summed E-state index contributed by atoms with van der Waals surface area (Å²) >= 11 is 0. The number of hydrogen-bond donors (Lipinski definition) is 3. The van der Waals surface area contributed by atoms with E-state index in [-0.39, 0.29) is 24.0 Å². The number of nitrogens with zero attached hydrogens (tertiary/aromatic N) is 3. The van der Waals surface area contributed by atoms with E-state index >= 15 is 0 Å². The van der Waals surface area contributed by atoms with Crippen molar-refractivity contribution in [3.05, 3.63) is 48.5 Å². The Kier molecular flexibility index (Phi) is 6.76. The summed E-state index contributed by atoms with van der Waals surface area (Å²) in [6.07, 6.45) is 9.86. The largest absolute Gasteiger partial charge is 0.453 e. The van der Waals surface area contributed by atoms with Crippen molar-refractivity contribution in [1.29, 1.82) is 0 Å². The van der Waals surface area contributed by atoms with Gasteiger partial charge in [0.1, 0.15) is 0 Å². The van der Waals surface area contributed by atoms with Gasteiger partial charge in [0.05, 0.1) is 30.1 Å². The predicted molar refractivity (Wildman–Crippen MR) is 126 cm³/mol. The highest BCUT2D eigenvalue weighted by molar-refractivity contribution is 6.03. The van der Waals surface area contributed by atoms with Crippen molar-refractivity contribution in [1.82, 2.24) is 25.2 Å². The van der Waals surface area contributed by atoms with Gasteiger partial charge in [-0.1, -0.05) is 6.07 Å². The van der Waals surface area contributed by atoms with Crippen LogP contribution in [0.15, 0.2) is 43.0 Å². The van der Waals surface area contributed by atoms with E-state index in [1.54, 1.807) is 16.9 Å².